The first-order valence-corrected chi connectivity index (χ1v) is 13.9. The molecule has 3 aromatic carbocycles. The van der Waals surface area contributed by atoms with E-state index in [-0.39, 0.29) is 16.8 Å². The van der Waals surface area contributed by atoms with Crippen molar-refractivity contribution in [3.8, 4) is 11.3 Å². The van der Waals surface area contributed by atoms with Crippen LogP contribution in [-0.4, -0.2) is 29.3 Å². The van der Waals surface area contributed by atoms with Gasteiger partial charge in [0.05, 0.1) is 21.7 Å². The number of aryl methyl sites for hydroxylation is 2. The highest BCUT2D eigenvalue weighted by atomic mass is 79.9. The second-order valence-electron chi connectivity index (χ2n) is 8.64. The summed E-state index contributed by atoms with van der Waals surface area (Å²) >= 11 is 3.48. The smallest absolute Gasteiger partial charge is 0.264 e. The van der Waals surface area contributed by atoms with Gasteiger partial charge in [0, 0.05) is 32.5 Å². The summed E-state index contributed by atoms with van der Waals surface area (Å²) in [5.74, 6) is -0.331. The molecule has 0 aliphatic rings. The van der Waals surface area contributed by atoms with E-state index < -0.39 is 10.0 Å². The molecule has 0 unspecified atom stereocenters. The maximum atomic E-state index is 13.4. The predicted molar refractivity (Wildman–Crippen MR) is 152 cm³/mol. The number of carbonyl (C=O) groups excluding carboxylic acids is 1. The highest BCUT2D eigenvalue weighted by molar-refractivity contribution is 9.10. The van der Waals surface area contributed by atoms with E-state index in [1.807, 2.05) is 48.5 Å². The molecule has 2 aromatic heterocycles. The van der Waals surface area contributed by atoms with Crippen LogP contribution in [0.5, 0.6) is 0 Å². The average Bonchev–Trinajstić information content (AvgIpc) is 2.87. The minimum atomic E-state index is -3.91. The Morgan fingerprint density at radius 2 is 1.53 bits per heavy atom. The van der Waals surface area contributed by atoms with Gasteiger partial charge in [-0.2, -0.15) is 0 Å². The second kappa shape index (κ2) is 10.3. The Morgan fingerprint density at radius 3 is 2.24 bits per heavy atom. The first-order valence-electron chi connectivity index (χ1n) is 11.6. The summed E-state index contributed by atoms with van der Waals surface area (Å²) < 4.78 is 29.0. The Labute approximate surface area is 228 Å². The third kappa shape index (κ3) is 5.56. The zero-order valence-electron chi connectivity index (χ0n) is 20.4. The van der Waals surface area contributed by atoms with Crippen LogP contribution in [0.25, 0.3) is 22.2 Å². The fourth-order valence-electron chi connectivity index (χ4n) is 4.03. The lowest BCUT2D eigenvalue weighted by Gasteiger charge is -2.12. The third-order valence-corrected chi connectivity index (χ3v) is 7.55. The van der Waals surface area contributed by atoms with Crippen molar-refractivity contribution in [1.82, 2.24) is 15.0 Å². The van der Waals surface area contributed by atoms with E-state index in [4.69, 9.17) is 4.98 Å². The molecule has 0 atom stereocenters. The molecule has 190 valence electrons. The number of amides is 1. The maximum Gasteiger partial charge on any atom is 0.264 e. The monoisotopic (exact) mass is 587 g/mol. The fraction of sp³-hybridized carbons (Fsp3) is 0.0714. The highest BCUT2D eigenvalue weighted by Crippen LogP contribution is 2.27. The first-order chi connectivity index (χ1) is 18.2. The number of sulfonamides is 1. The number of para-hydroxylation sites is 1. The molecule has 8 nitrogen and oxygen atoms in total. The van der Waals surface area contributed by atoms with E-state index in [1.165, 1.54) is 24.3 Å². The molecule has 0 aliphatic carbocycles. The van der Waals surface area contributed by atoms with E-state index in [0.29, 0.717) is 39.2 Å². The summed E-state index contributed by atoms with van der Waals surface area (Å²) in [5, 5.41) is 3.58. The van der Waals surface area contributed by atoms with Crippen molar-refractivity contribution in [3.05, 3.63) is 106 Å². The molecule has 0 saturated heterocycles. The summed E-state index contributed by atoms with van der Waals surface area (Å²) in [5.41, 5.74) is 4.43. The van der Waals surface area contributed by atoms with Gasteiger partial charge in [0.2, 0.25) is 5.95 Å². The predicted octanol–water partition coefficient (Wildman–Crippen LogP) is 6.12. The Bertz CT molecular complexity index is 1770. The Hall–Kier alpha value is -4.15. The third-order valence-electron chi connectivity index (χ3n) is 5.71. The number of halogens is 1. The molecular weight excluding hydrogens is 566 g/mol. The summed E-state index contributed by atoms with van der Waals surface area (Å²) in [4.78, 5) is 26.4. The maximum absolute atomic E-state index is 13.4. The van der Waals surface area contributed by atoms with Gasteiger partial charge < -0.3 is 5.32 Å². The van der Waals surface area contributed by atoms with Crippen LogP contribution in [0.2, 0.25) is 0 Å². The summed E-state index contributed by atoms with van der Waals surface area (Å²) in [6, 6.07) is 24.5. The van der Waals surface area contributed by atoms with E-state index in [0.717, 1.165) is 10.0 Å². The van der Waals surface area contributed by atoms with E-state index >= 15 is 0 Å². The second-order valence-corrected chi connectivity index (χ2v) is 11.2. The fourth-order valence-corrected chi connectivity index (χ4v) is 5.37. The van der Waals surface area contributed by atoms with Crippen LogP contribution in [0.4, 0.5) is 11.6 Å². The normalized spacial score (nSPS) is 11.3. The highest BCUT2D eigenvalue weighted by Gasteiger charge is 2.18. The van der Waals surface area contributed by atoms with Crippen molar-refractivity contribution in [2.75, 3.05) is 10.0 Å². The van der Waals surface area contributed by atoms with Gasteiger partial charge in [-0.15, -0.1) is 0 Å². The number of rotatable bonds is 6. The van der Waals surface area contributed by atoms with Gasteiger partial charge in [0.1, 0.15) is 0 Å². The van der Waals surface area contributed by atoms with Crippen molar-refractivity contribution < 1.29 is 13.2 Å². The lowest BCUT2D eigenvalue weighted by atomic mass is 10.0. The van der Waals surface area contributed by atoms with Gasteiger partial charge in [-0.3, -0.25) is 4.79 Å². The lowest BCUT2D eigenvalue weighted by molar-refractivity contribution is 0.102. The number of hydrogen-bond donors (Lipinski definition) is 2. The number of pyridine rings is 1. The van der Waals surface area contributed by atoms with Crippen LogP contribution < -0.4 is 10.0 Å². The number of nitrogens with one attached hydrogen (secondary N) is 2. The van der Waals surface area contributed by atoms with Crippen LogP contribution in [-0.2, 0) is 10.0 Å². The van der Waals surface area contributed by atoms with Crippen LogP contribution >= 0.6 is 15.9 Å². The Morgan fingerprint density at radius 1 is 0.816 bits per heavy atom. The number of carbonyl (C=O) groups is 1. The van der Waals surface area contributed by atoms with Crippen molar-refractivity contribution in [2.24, 2.45) is 0 Å². The number of aromatic nitrogens is 3. The summed E-state index contributed by atoms with van der Waals surface area (Å²) in [6.07, 6.45) is 0. The summed E-state index contributed by atoms with van der Waals surface area (Å²) in [7, 11) is -3.91. The largest absolute Gasteiger partial charge is 0.322 e. The van der Waals surface area contributed by atoms with Gasteiger partial charge in [-0.1, -0.05) is 46.3 Å². The molecule has 0 spiro atoms. The lowest BCUT2D eigenvalue weighted by Crippen LogP contribution is -2.16. The summed E-state index contributed by atoms with van der Waals surface area (Å²) in [6.45, 7) is 3.52. The number of benzene rings is 3. The molecule has 0 saturated carbocycles. The standard InChI is InChI=1S/C28H22BrN5O3S/c1-17-14-18(2)31-28(30-17)34-38(36,37)22-12-10-21(11-13-22)32-27(35)24-16-26(19-6-5-7-20(29)15-19)33-25-9-4-3-8-23(24)25/h3-16H,1-2H3,(H,32,35)(H,30,31,34). The molecule has 0 aliphatic heterocycles. The van der Waals surface area contributed by atoms with E-state index in [9.17, 15) is 13.2 Å². The van der Waals surface area contributed by atoms with E-state index in [1.54, 1.807) is 26.0 Å². The minimum absolute atomic E-state index is 0.00527. The molecule has 2 N–H and O–H groups in total. The van der Waals surface area contributed by atoms with Gasteiger partial charge in [-0.25, -0.2) is 28.1 Å². The molecule has 0 bridgehead atoms. The first kappa shape index (κ1) is 25.5. The Balaban J connectivity index is 1.41. The molecule has 1 amide bonds. The SMILES string of the molecule is Cc1cc(C)nc(NS(=O)(=O)c2ccc(NC(=O)c3cc(-c4cccc(Br)c4)nc4ccccc34)cc2)n1. The van der Waals surface area contributed by atoms with Gasteiger partial charge in [0.25, 0.3) is 15.9 Å². The molecule has 10 heteroatoms. The van der Waals surface area contributed by atoms with Gasteiger partial charge >= 0.3 is 0 Å². The van der Waals surface area contributed by atoms with Crippen molar-refractivity contribution in [1.29, 1.82) is 0 Å². The van der Waals surface area contributed by atoms with Crippen LogP contribution in [0.1, 0.15) is 21.7 Å². The van der Waals surface area contributed by atoms with Crippen LogP contribution in [0.15, 0.2) is 94.3 Å². The van der Waals surface area contributed by atoms with Crippen molar-refractivity contribution in [3.63, 3.8) is 0 Å². The van der Waals surface area contributed by atoms with Crippen molar-refractivity contribution in [2.45, 2.75) is 18.7 Å². The molecule has 2 heterocycles. The zero-order chi connectivity index (χ0) is 26.9. The Kier molecular flexibility index (Phi) is 6.92. The molecule has 5 rings (SSSR count). The zero-order valence-corrected chi connectivity index (χ0v) is 22.8. The topological polar surface area (TPSA) is 114 Å². The molecule has 0 radical (unpaired) electrons. The number of anilines is 2. The molecule has 5 aromatic rings. The quantitative estimate of drug-likeness (QED) is 0.247. The van der Waals surface area contributed by atoms with Gasteiger partial charge in [0.15, 0.2) is 0 Å². The van der Waals surface area contributed by atoms with Gasteiger partial charge in [-0.05, 0) is 68.4 Å². The van der Waals surface area contributed by atoms with Crippen LogP contribution in [0, 0.1) is 13.8 Å². The number of hydrogen-bond acceptors (Lipinski definition) is 6. The number of nitrogens with zero attached hydrogens (tertiary/aromatic N) is 3. The molecular formula is C28H22BrN5O3S. The van der Waals surface area contributed by atoms with Crippen molar-refractivity contribution >= 4 is 54.4 Å². The average molecular weight is 588 g/mol. The minimum Gasteiger partial charge on any atom is -0.322 e. The molecule has 0 fully saturated rings. The molecule has 38 heavy (non-hydrogen) atoms. The van der Waals surface area contributed by atoms with Crippen LogP contribution in [0.3, 0.4) is 0 Å². The van der Waals surface area contributed by atoms with E-state index in [2.05, 4.69) is 35.9 Å². The number of fused-ring (bicyclic) bond motifs is 1.